The van der Waals surface area contributed by atoms with Gasteiger partial charge in [0, 0.05) is 18.3 Å². The zero-order valence-electron chi connectivity index (χ0n) is 19.0. The number of ether oxygens (including phenoxy) is 1. The molecule has 32 heavy (non-hydrogen) atoms. The summed E-state index contributed by atoms with van der Waals surface area (Å²) in [6.45, 7) is 7.78. The van der Waals surface area contributed by atoms with Crippen LogP contribution in [-0.2, 0) is 17.6 Å². The number of benzene rings is 1. The predicted molar refractivity (Wildman–Crippen MR) is 121 cm³/mol. The summed E-state index contributed by atoms with van der Waals surface area (Å²) in [5.41, 5.74) is 2.82. The molecule has 0 spiro atoms. The lowest BCUT2D eigenvalue weighted by molar-refractivity contribution is 0.0500. The van der Waals surface area contributed by atoms with Crippen LogP contribution >= 0.6 is 0 Å². The second kappa shape index (κ2) is 9.97. The number of carbonyl (C=O) groups is 2. The Morgan fingerprint density at radius 3 is 2.78 bits per heavy atom. The molecule has 0 bridgehead atoms. The van der Waals surface area contributed by atoms with Gasteiger partial charge in [-0.15, -0.1) is 0 Å². The van der Waals surface area contributed by atoms with Crippen molar-refractivity contribution < 1.29 is 18.7 Å². The molecule has 1 aliphatic rings. The van der Waals surface area contributed by atoms with Gasteiger partial charge in [-0.2, -0.15) is 0 Å². The number of nitrogens with one attached hydrogen (secondary N) is 3. The number of hydrogen-bond donors (Lipinski definition) is 3. The number of hydrogen-bond acceptors (Lipinski definition) is 4. The largest absolute Gasteiger partial charge is 0.444 e. The number of pyridine rings is 1. The van der Waals surface area contributed by atoms with Gasteiger partial charge in [-0.25, -0.2) is 14.0 Å². The van der Waals surface area contributed by atoms with E-state index in [-0.39, 0.29) is 23.8 Å². The molecule has 0 saturated heterocycles. The average molecular weight is 443 g/mol. The molecule has 1 heterocycles. The SMILES string of the molecule is CC(CNC(=O)Nc1cnc2c(c1)CC(NC(=O)OC(C)(C)C)CC2)c1cccc(F)c1. The summed E-state index contributed by atoms with van der Waals surface area (Å²) in [5.74, 6) is -0.323. The Labute approximate surface area is 188 Å². The lowest BCUT2D eigenvalue weighted by atomic mass is 9.91. The maximum atomic E-state index is 13.4. The molecule has 0 fully saturated rings. The number of amides is 3. The monoisotopic (exact) mass is 442 g/mol. The van der Waals surface area contributed by atoms with Crippen LogP contribution < -0.4 is 16.0 Å². The maximum Gasteiger partial charge on any atom is 0.407 e. The van der Waals surface area contributed by atoms with Gasteiger partial charge >= 0.3 is 12.1 Å². The molecule has 2 aromatic rings. The third kappa shape index (κ3) is 6.93. The van der Waals surface area contributed by atoms with Gasteiger partial charge < -0.3 is 20.7 Å². The highest BCUT2D eigenvalue weighted by molar-refractivity contribution is 5.89. The molecule has 0 radical (unpaired) electrons. The van der Waals surface area contributed by atoms with E-state index < -0.39 is 11.7 Å². The van der Waals surface area contributed by atoms with Gasteiger partial charge in [0.05, 0.1) is 11.9 Å². The van der Waals surface area contributed by atoms with Crippen LogP contribution in [0.3, 0.4) is 0 Å². The minimum absolute atomic E-state index is 0.0298. The Morgan fingerprint density at radius 1 is 1.28 bits per heavy atom. The van der Waals surface area contributed by atoms with Crippen molar-refractivity contribution >= 4 is 17.8 Å². The van der Waals surface area contributed by atoms with Crippen LogP contribution in [0.5, 0.6) is 0 Å². The first kappa shape index (κ1) is 23.5. The van der Waals surface area contributed by atoms with Crippen molar-refractivity contribution in [1.29, 1.82) is 0 Å². The van der Waals surface area contributed by atoms with Crippen LogP contribution in [0.1, 0.15) is 56.9 Å². The van der Waals surface area contributed by atoms with Crippen LogP contribution in [0, 0.1) is 5.82 Å². The third-order valence-corrected chi connectivity index (χ3v) is 5.22. The Kier molecular flexibility index (Phi) is 7.33. The smallest absolute Gasteiger partial charge is 0.407 e. The molecular formula is C24H31FN4O3. The van der Waals surface area contributed by atoms with E-state index in [0.717, 1.165) is 29.7 Å². The molecular weight excluding hydrogens is 411 g/mol. The first-order valence-corrected chi connectivity index (χ1v) is 10.9. The summed E-state index contributed by atoms with van der Waals surface area (Å²) >= 11 is 0. The van der Waals surface area contributed by atoms with E-state index in [9.17, 15) is 14.0 Å². The second-order valence-corrected chi connectivity index (χ2v) is 9.21. The maximum absolute atomic E-state index is 13.4. The number of rotatable bonds is 5. The molecule has 3 amide bonds. The molecule has 2 unspecified atom stereocenters. The fraction of sp³-hybridized carbons (Fsp3) is 0.458. The first-order chi connectivity index (χ1) is 15.1. The summed E-state index contributed by atoms with van der Waals surface area (Å²) in [5, 5.41) is 8.52. The molecule has 1 aliphatic carbocycles. The Bertz CT molecular complexity index is 974. The van der Waals surface area contributed by atoms with Crippen molar-refractivity contribution in [2.24, 2.45) is 0 Å². The Morgan fingerprint density at radius 2 is 2.06 bits per heavy atom. The van der Waals surface area contributed by atoms with Crippen LogP contribution in [0.15, 0.2) is 36.5 Å². The molecule has 1 aromatic heterocycles. The molecule has 172 valence electrons. The van der Waals surface area contributed by atoms with E-state index in [2.05, 4.69) is 20.9 Å². The van der Waals surface area contributed by atoms with Crippen molar-refractivity contribution in [2.45, 2.75) is 64.5 Å². The fourth-order valence-corrected chi connectivity index (χ4v) is 3.64. The van der Waals surface area contributed by atoms with Gasteiger partial charge in [0.25, 0.3) is 0 Å². The average Bonchev–Trinajstić information content (AvgIpc) is 2.70. The minimum Gasteiger partial charge on any atom is -0.444 e. The quantitative estimate of drug-likeness (QED) is 0.634. The number of nitrogens with zero attached hydrogens (tertiary/aromatic N) is 1. The summed E-state index contributed by atoms with van der Waals surface area (Å²) in [6.07, 6.45) is 3.35. The number of fused-ring (bicyclic) bond motifs is 1. The number of urea groups is 1. The lowest BCUT2D eigenvalue weighted by Gasteiger charge is -2.27. The number of halogens is 1. The van der Waals surface area contributed by atoms with Crippen LogP contribution in [-0.4, -0.2) is 35.3 Å². The standard InChI is InChI=1S/C24H31FN4O3/c1-15(16-6-5-7-18(25)10-16)13-27-22(30)28-20-12-17-11-19(8-9-21(17)26-14-20)29-23(31)32-24(2,3)4/h5-7,10,12,14-15,19H,8-9,11,13H2,1-4H3,(H,29,31)(H2,27,28,30). The van der Waals surface area contributed by atoms with Crippen LogP contribution in [0.25, 0.3) is 0 Å². The number of aryl methyl sites for hydroxylation is 1. The molecule has 2 atom stereocenters. The molecule has 3 N–H and O–H groups in total. The Balaban J connectivity index is 1.53. The molecule has 7 nitrogen and oxygen atoms in total. The van der Waals surface area contributed by atoms with Gasteiger partial charge in [-0.1, -0.05) is 19.1 Å². The molecule has 8 heteroatoms. The van der Waals surface area contributed by atoms with Crippen LogP contribution in [0.2, 0.25) is 0 Å². The first-order valence-electron chi connectivity index (χ1n) is 10.9. The van der Waals surface area contributed by atoms with Crippen molar-refractivity contribution in [1.82, 2.24) is 15.6 Å². The van der Waals surface area contributed by atoms with E-state index in [1.807, 2.05) is 39.8 Å². The van der Waals surface area contributed by atoms with E-state index in [1.165, 1.54) is 12.1 Å². The zero-order valence-corrected chi connectivity index (χ0v) is 19.0. The molecule has 0 saturated carbocycles. The van der Waals surface area contributed by atoms with Crippen molar-refractivity contribution in [2.75, 3.05) is 11.9 Å². The second-order valence-electron chi connectivity index (χ2n) is 9.21. The molecule has 0 aliphatic heterocycles. The molecule has 3 rings (SSSR count). The summed E-state index contributed by atoms with van der Waals surface area (Å²) in [4.78, 5) is 28.9. The van der Waals surface area contributed by atoms with Gasteiger partial charge in [0.1, 0.15) is 11.4 Å². The number of anilines is 1. The van der Waals surface area contributed by atoms with E-state index in [4.69, 9.17) is 4.74 Å². The van der Waals surface area contributed by atoms with E-state index in [0.29, 0.717) is 18.7 Å². The van der Waals surface area contributed by atoms with Gasteiger partial charge in [-0.3, -0.25) is 4.98 Å². The Hall–Kier alpha value is -3.16. The molecule has 1 aromatic carbocycles. The lowest BCUT2D eigenvalue weighted by Crippen LogP contribution is -2.42. The topological polar surface area (TPSA) is 92.4 Å². The zero-order chi connectivity index (χ0) is 23.3. The normalized spacial score (nSPS) is 16.5. The number of carbonyl (C=O) groups excluding carboxylic acids is 2. The summed E-state index contributed by atoms with van der Waals surface area (Å²) in [7, 11) is 0. The fourth-order valence-electron chi connectivity index (χ4n) is 3.64. The van der Waals surface area contributed by atoms with E-state index >= 15 is 0 Å². The highest BCUT2D eigenvalue weighted by Crippen LogP contribution is 2.23. The predicted octanol–water partition coefficient (Wildman–Crippen LogP) is 4.53. The number of alkyl carbamates (subject to hydrolysis) is 1. The van der Waals surface area contributed by atoms with E-state index in [1.54, 1.807) is 12.3 Å². The van der Waals surface area contributed by atoms with Gasteiger partial charge in [0.2, 0.25) is 0 Å². The van der Waals surface area contributed by atoms with Crippen LogP contribution in [0.4, 0.5) is 19.7 Å². The number of aromatic nitrogens is 1. The van der Waals surface area contributed by atoms with Gasteiger partial charge in [0.15, 0.2) is 0 Å². The van der Waals surface area contributed by atoms with Crippen molar-refractivity contribution in [3.8, 4) is 0 Å². The van der Waals surface area contributed by atoms with Crippen molar-refractivity contribution in [3.05, 3.63) is 59.2 Å². The van der Waals surface area contributed by atoms with Gasteiger partial charge in [-0.05, 0) is 75.3 Å². The third-order valence-electron chi connectivity index (χ3n) is 5.22. The summed E-state index contributed by atoms with van der Waals surface area (Å²) < 4.78 is 18.7. The van der Waals surface area contributed by atoms with Crippen molar-refractivity contribution in [3.63, 3.8) is 0 Å². The minimum atomic E-state index is -0.547. The summed E-state index contributed by atoms with van der Waals surface area (Å²) in [6, 6.07) is 7.85. The highest BCUT2D eigenvalue weighted by atomic mass is 19.1. The highest BCUT2D eigenvalue weighted by Gasteiger charge is 2.24.